The minimum atomic E-state index is -0.973. The quantitative estimate of drug-likeness (QED) is 0.522. The van der Waals surface area contributed by atoms with Crippen molar-refractivity contribution in [3.05, 3.63) is 76.0 Å². The third-order valence-electron chi connectivity index (χ3n) is 6.87. The SMILES string of the molecule is CCC(C)c1nn(C(=O)C2CCCCC2)c(=O)n1Cc1ccc(-c2ccccc2C(=O)O)cc1. The molecule has 0 aliphatic heterocycles. The van der Waals surface area contributed by atoms with Crippen LogP contribution in [-0.4, -0.2) is 31.3 Å². The van der Waals surface area contributed by atoms with Crippen LogP contribution < -0.4 is 5.69 Å². The number of carboxylic acid groups (broad SMARTS) is 1. The Bertz CT molecular complexity index is 1230. The van der Waals surface area contributed by atoms with Crippen LogP contribution in [0.1, 0.15) is 84.8 Å². The first-order chi connectivity index (χ1) is 16.4. The van der Waals surface area contributed by atoms with E-state index < -0.39 is 5.97 Å². The van der Waals surface area contributed by atoms with Crippen molar-refractivity contribution in [1.82, 2.24) is 14.3 Å². The maximum absolute atomic E-state index is 13.3. The largest absolute Gasteiger partial charge is 0.478 e. The zero-order chi connectivity index (χ0) is 24.2. The predicted octanol–water partition coefficient (Wildman–Crippen LogP) is 5.19. The number of aromatic nitrogens is 3. The van der Waals surface area contributed by atoms with Gasteiger partial charge in [0.15, 0.2) is 0 Å². The third-order valence-corrected chi connectivity index (χ3v) is 6.87. The lowest BCUT2D eigenvalue weighted by molar-refractivity contribution is 0.0696. The van der Waals surface area contributed by atoms with Crippen molar-refractivity contribution in [3.8, 4) is 11.1 Å². The molecule has 0 saturated heterocycles. The number of nitrogens with zero attached hydrogens (tertiary/aromatic N) is 3. The fraction of sp³-hybridized carbons (Fsp3) is 0.407. The van der Waals surface area contributed by atoms with Crippen molar-refractivity contribution in [2.24, 2.45) is 5.92 Å². The van der Waals surface area contributed by atoms with Crippen LogP contribution in [0.4, 0.5) is 0 Å². The molecule has 0 radical (unpaired) electrons. The molecular weight excluding hydrogens is 430 g/mol. The molecule has 1 N–H and O–H groups in total. The predicted molar refractivity (Wildman–Crippen MR) is 130 cm³/mol. The molecule has 34 heavy (non-hydrogen) atoms. The minimum Gasteiger partial charge on any atom is -0.478 e. The molecule has 1 aliphatic carbocycles. The van der Waals surface area contributed by atoms with E-state index in [1.165, 1.54) is 0 Å². The molecule has 0 amide bonds. The molecule has 1 aromatic heterocycles. The van der Waals surface area contributed by atoms with E-state index in [0.717, 1.165) is 54.3 Å². The summed E-state index contributed by atoms with van der Waals surface area (Å²) in [7, 11) is 0. The van der Waals surface area contributed by atoms with Crippen molar-refractivity contribution in [3.63, 3.8) is 0 Å². The van der Waals surface area contributed by atoms with Crippen LogP contribution in [0.2, 0.25) is 0 Å². The first-order valence-corrected chi connectivity index (χ1v) is 12.1. The lowest BCUT2D eigenvalue weighted by atomic mass is 9.89. The van der Waals surface area contributed by atoms with Crippen LogP contribution in [-0.2, 0) is 6.54 Å². The highest BCUT2D eigenvalue weighted by atomic mass is 16.4. The lowest BCUT2D eigenvalue weighted by Gasteiger charge is -2.19. The molecule has 3 aromatic rings. The fourth-order valence-corrected chi connectivity index (χ4v) is 4.67. The van der Waals surface area contributed by atoms with E-state index in [2.05, 4.69) is 5.10 Å². The van der Waals surface area contributed by atoms with Gasteiger partial charge >= 0.3 is 11.7 Å². The molecule has 7 nitrogen and oxygen atoms in total. The first kappa shape index (κ1) is 23.7. The lowest BCUT2D eigenvalue weighted by Crippen LogP contribution is -2.35. The topological polar surface area (TPSA) is 94.2 Å². The maximum atomic E-state index is 13.3. The van der Waals surface area contributed by atoms with Crippen molar-refractivity contribution in [1.29, 1.82) is 0 Å². The molecule has 0 spiro atoms. The summed E-state index contributed by atoms with van der Waals surface area (Å²) in [5.74, 6) is -0.631. The van der Waals surface area contributed by atoms with E-state index in [4.69, 9.17) is 0 Å². The number of hydrogen-bond acceptors (Lipinski definition) is 4. The molecule has 1 heterocycles. The number of benzene rings is 2. The van der Waals surface area contributed by atoms with Gasteiger partial charge in [-0.05, 0) is 42.0 Å². The second kappa shape index (κ2) is 10.2. The van der Waals surface area contributed by atoms with Gasteiger partial charge in [0.2, 0.25) is 0 Å². The summed E-state index contributed by atoms with van der Waals surface area (Å²) in [5, 5.41) is 14.0. The van der Waals surface area contributed by atoms with Crippen molar-refractivity contribution in [2.45, 2.75) is 64.8 Å². The molecule has 0 bridgehead atoms. The van der Waals surface area contributed by atoms with E-state index in [1.807, 2.05) is 44.2 Å². The number of hydrogen-bond donors (Lipinski definition) is 1. The van der Waals surface area contributed by atoms with Gasteiger partial charge < -0.3 is 5.11 Å². The number of rotatable bonds is 7. The molecule has 1 saturated carbocycles. The van der Waals surface area contributed by atoms with Crippen molar-refractivity contribution in [2.75, 3.05) is 0 Å². The summed E-state index contributed by atoms with van der Waals surface area (Å²) in [6, 6.07) is 14.4. The van der Waals surface area contributed by atoms with Crippen LogP contribution in [0.3, 0.4) is 0 Å². The van der Waals surface area contributed by atoms with Crippen LogP contribution in [0.5, 0.6) is 0 Å². The number of carbonyl (C=O) groups is 2. The molecule has 7 heteroatoms. The Hall–Kier alpha value is -3.48. The Balaban J connectivity index is 1.64. The highest BCUT2D eigenvalue weighted by Crippen LogP contribution is 2.26. The van der Waals surface area contributed by atoms with Gasteiger partial charge in [-0.25, -0.2) is 9.59 Å². The zero-order valence-electron chi connectivity index (χ0n) is 19.7. The fourth-order valence-electron chi connectivity index (χ4n) is 4.67. The normalized spacial score (nSPS) is 15.2. The monoisotopic (exact) mass is 461 g/mol. The molecule has 178 valence electrons. The highest BCUT2D eigenvalue weighted by molar-refractivity contribution is 5.96. The molecule has 2 aromatic carbocycles. The van der Waals surface area contributed by atoms with Crippen LogP contribution in [0.15, 0.2) is 53.3 Å². The smallest absolute Gasteiger partial charge is 0.353 e. The van der Waals surface area contributed by atoms with Crippen LogP contribution in [0, 0.1) is 5.92 Å². The summed E-state index contributed by atoms with van der Waals surface area (Å²) in [6.07, 6.45) is 5.60. The molecule has 1 aliphatic rings. The molecule has 1 atom stereocenters. The van der Waals surface area contributed by atoms with Gasteiger partial charge in [-0.3, -0.25) is 9.36 Å². The van der Waals surface area contributed by atoms with Gasteiger partial charge in [-0.2, -0.15) is 0 Å². The first-order valence-electron chi connectivity index (χ1n) is 12.1. The van der Waals surface area contributed by atoms with E-state index >= 15 is 0 Å². The Morgan fingerprint density at radius 2 is 1.74 bits per heavy atom. The van der Waals surface area contributed by atoms with E-state index in [0.29, 0.717) is 17.9 Å². The average molecular weight is 462 g/mol. The second-order valence-corrected chi connectivity index (χ2v) is 9.17. The average Bonchev–Trinajstić information content (AvgIpc) is 3.19. The highest BCUT2D eigenvalue weighted by Gasteiger charge is 2.28. The zero-order valence-corrected chi connectivity index (χ0v) is 19.7. The van der Waals surface area contributed by atoms with Gasteiger partial charge in [0, 0.05) is 11.8 Å². The Morgan fingerprint density at radius 1 is 1.06 bits per heavy atom. The minimum absolute atomic E-state index is 0.0369. The van der Waals surface area contributed by atoms with Crippen molar-refractivity contribution >= 4 is 11.9 Å². The van der Waals surface area contributed by atoms with Crippen molar-refractivity contribution < 1.29 is 14.7 Å². The van der Waals surface area contributed by atoms with E-state index in [9.17, 15) is 19.5 Å². The van der Waals surface area contributed by atoms with Gasteiger partial charge in [0.05, 0.1) is 12.1 Å². The van der Waals surface area contributed by atoms with E-state index in [1.54, 1.807) is 22.8 Å². The summed E-state index contributed by atoms with van der Waals surface area (Å²) in [5.41, 5.74) is 2.18. The van der Waals surface area contributed by atoms with Gasteiger partial charge in [0.25, 0.3) is 5.91 Å². The van der Waals surface area contributed by atoms with Crippen LogP contribution in [0.25, 0.3) is 11.1 Å². The molecule has 1 fully saturated rings. The van der Waals surface area contributed by atoms with Gasteiger partial charge in [-0.1, -0.05) is 75.6 Å². The molecule has 4 rings (SSSR count). The number of aromatic carboxylic acids is 1. The Labute approximate surface area is 199 Å². The summed E-state index contributed by atoms with van der Waals surface area (Å²) in [6.45, 7) is 4.35. The maximum Gasteiger partial charge on any atom is 0.353 e. The Morgan fingerprint density at radius 3 is 2.38 bits per heavy atom. The molecule has 1 unspecified atom stereocenters. The second-order valence-electron chi connectivity index (χ2n) is 9.17. The summed E-state index contributed by atoms with van der Waals surface area (Å²) < 4.78 is 2.70. The summed E-state index contributed by atoms with van der Waals surface area (Å²) in [4.78, 5) is 37.9. The van der Waals surface area contributed by atoms with E-state index in [-0.39, 0.29) is 29.0 Å². The van der Waals surface area contributed by atoms with Crippen LogP contribution >= 0.6 is 0 Å². The van der Waals surface area contributed by atoms with Gasteiger partial charge in [-0.15, -0.1) is 9.78 Å². The van der Waals surface area contributed by atoms with Gasteiger partial charge in [0.1, 0.15) is 5.82 Å². The Kier molecular flexibility index (Phi) is 7.10. The summed E-state index contributed by atoms with van der Waals surface area (Å²) >= 11 is 0. The number of carbonyl (C=O) groups excluding carboxylic acids is 1. The third kappa shape index (κ3) is 4.74. The standard InChI is InChI=1S/C27H31N3O4/c1-3-18(2)24-28-30(25(31)21-9-5-4-6-10-21)27(34)29(24)17-19-13-15-20(16-14-19)22-11-7-8-12-23(22)26(32)33/h7-8,11-16,18,21H,3-6,9-10,17H2,1-2H3,(H,32,33). The number of carboxylic acids is 1. The molecular formula is C27H31N3O4.